The number of hydrogen-bond acceptors (Lipinski definition) is 6. The van der Waals surface area contributed by atoms with E-state index in [2.05, 4.69) is 41.1 Å². The predicted octanol–water partition coefficient (Wildman–Crippen LogP) is 1.08. The van der Waals surface area contributed by atoms with Gasteiger partial charge in [0.15, 0.2) is 0 Å². The molecule has 1 aliphatic rings. The van der Waals surface area contributed by atoms with Gasteiger partial charge in [-0.2, -0.15) is 4.98 Å². The van der Waals surface area contributed by atoms with Gasteiger partial charge in [-0.25, -0.2) is 0 Å². The topological polar surface area (TPSA) is 63.4 Å². The van der Waals surface area contributed by atoms with Crippen molar-refractivity contribution >= 4 is 5.95 Å². The third-order valence-corrected chi connectivity index (χ3v) is 3.52. The van der Waals surface area contributed by atoms with Crippen molar-refractivity contribution in [3.8, 4) is 0 Å². The fourth-order valence-electron chi connectivity index (χ4n) is 2.24. The summed E-state index contributed by atoms with van der Waals surface area (Å²) in [5.74, 6) is 1.37. The maximum Gasteiger partial charge on any atom is 0.266 e. The normalized spacial score (nSPS) is 18.6. The Morgan fingerprint density at radius 1 is 1.32 bits per heavy atom. The van der Waals surface area contributed by atoms with Crippen LogP contribution in [0.4, 0.5) is 5.95 Å². The molecular formula is C13H24N4O2. The van der Waals surface area contributed by atoms with Gasteiger partial charge in [0.25, 0.3) is 5.95 Å². The third-order valence-electron chi connectivity index (χ3n) is 3.52. The van der Waals surface area contributed by atoms with Crippen LogP contribution in [0, 0.1) is 5.41 Å². The van der Waals surface area contributed by atoms with E-state index in [1.165, 1.54) is 0 Å². The Morgan fingerprint density at radius 3 is 2.58 bits per heavy atom. The Kier molecular flexibility index (Phi) is 4.42. The van der Waals surface area contributed by atoms with E-state index >= 15 is 0 Å². The molecule has 19 heavy (non-hydrogen) atoms. The minimum atomic E-state index is 0.155. The van der Waals surface area contributed by atoms with Crippen LogP contribution >= 0.6 is 0 Å². The van der Waals surface area contributed by atoms with Crippen LogP contribution in [0.2, 0.25) is 0 Å². The standard InChI is InChI=1S/C13H24N4O2/c1-13(2,3)10(14-4)9-11-15-12(16-19-11)17-5-7-18-8-6-17/h10,14H,5-9H2,1-4H3. The molecule has 1 fully saturated rings. The fourth-order valence-corrected chi connectivity index (χ4v) is 2.24. The highest BCUT2D eigenvalue weighted by atomic mass is 16.5. The molecule has 108 valence electrons. The van der Waals surface area contributed by atoms with E-state index in [0.29, 0.717) is 17.9 Å². The number of ether oxygens (including phenoxy) is 1. The van der Waals surface area contributed by atoms with Crippen molar-refractivity contribution in [3.05, 3.63) is 5.89 Å². The number of anilines is 1. The molecule has 1 aromatic rings. The van der Waals surface area contributed by atoms with Gasteiger partial charge in [0.05, 0.1) is 13.2 Å². The van der Waals surface area contributed by atoms with Crippen LogP contribution in [-0.2, 0) is 11.2 Å². The molecule has 1 unspecified atom stereocenters. The number of nitrogens with one attached hydrogen (secondary N) is 1. The summed E-state index contributed by atoms with van der Waals surface area (Å²) in [4.78, 5) is 6.59. The van der Waals surface area contributed by atoms with Gasteiger partial charge >= 0.3 is 0 Å². The van der Waals surface area contributed by atoms with Gasteiger partial charge in [0.1, 0.15) is 0 Å². The summed E-state index contributed by atoms with van der Waals surface area (Å²) in [5.41, 5.74) is 0.155. The summed E-state index contributed by atoms with van der Waals surface area (Å²) >= 11 is 0. The predicted molar refractivity (Wildman–Crippen MR) is 73.3 cm³/mol. The van der Waals surface area contributed by atoms with E-state index in [1.807, 2.05) is 7.05 Å². The first-order chi connectivity index (χ1) is 9.00. The molecular weight excluding hydrogens is 244 g/mol. The molecule has 0 bridgehead atoms. The molecule has 6 nitrogen and oxygen atoms in total. The zero-order valence-corrected chi connectivity index (χ0v) is 12.3. The summed E-state index contributed by atoms with van der Waals surface area (Å²) in [6.45, 7) is 9.71. The minimum Gasteiger partial charge on any atom is -0.378 e. The molecule has 0 spiro atoms. The van der Waals surface area contributed by atoms with Crippen molar-refractivity contribution in [2.75, 3.05) is 38.3 Å². The molecule has 1 atom stereocenters. The van der Waals surface area contributed by atoms with Crippen molar-refractivity contribution in [2.24, 2.45) is 5.41 Å². The van der Waals surface area contributed by atoms with Crippen LogP contribution in [-0.4, -0.2) is 49.5 Å². The maximum atomic E-state index is 5.36. The zero-order valence-electron chi connectivity index (χ0n) is 12.3. The number of nitrogens with zero attached hydrogens (tertiary/aromatic N) is 3. The first-order valence-corrected chi connectivity index (χ1v) is 6.83. The monoisotopic (exact) mass is 268 g/mol. The fraction of sp³-hybridized carbons (Fsp3) is 0.846. The van der Waals surface area contributed by atoms with Gasteiger partial charge in [0.2, 0.25) is 5.89 Å². The Labute approximate surface area is 114 Å². The molecule has 0 aliphatic carbocycles. The second kappa shape index (κ2) is 5.88. The lowest BCUT2D eigenvalue weighted by Gasteiger charge is -2.29. The third kappa shape index (κ3) is 3.67. The first-order valence-electron chi connectivity index (χ1n) is 6.83. The second-order valence-corrected chi connectivity index (χ2v) is 6.00. The summed E-state index contributed by atoms with van der Waals surface area (Å²) in [7, 11) is 1.97. The molecule has 2 rings (SSSR count). The molecule has 6 heteroatoms. The van der Waals surface area contributed by atoms with Crippen molar-refractivity contribution < 1.29 is 9.26 Å². The zero-order chi connectivity index (χ0) is 13.9. The van der Waals surface area contributed by atoms with E-state index in [1.54, 1.807) is 0 Å². The van der Waals surface area contributed by atoms with Gasteiger partial charge in [-0.3, -0.25) is 0 Å². The average molecular weight is 268 g/mol. The van der Waals surface area contributed by atoms with Crippen molar-refractivity contribution in [1.29, 1.82) is 0 Å². The van der Waals surface area contributed by atoms with Crippen LogP contribution in [0.15, 0.2) is 4.52 Å². The van der Waals surface area contributed by atoms with Gasteiger partial charge in [-0.05, 0) is 17.6 Å². The number of rotatable bonds is 4. The lowest BCUT2D eigenvalue weighted by atomic mass is 9.85. The van der Waals surface area contributed by atoms with E-state index in [-0.39, 0.29) is 5.41 Å². The van der Waals surface area contributed by atoms with Crippen LogP contribution < -0.4 is 10.2 Å². The molecule has 0 radical (unpaired) electrons. The smallest absolute Gasteiger partial charge is 0.266 e. The summed E-state index contributed by atoms with van der Waals surface area (Å²) in [6, 6.07) is 0.311. The largest absolute Gasteiger partial charge is 0.378 e. The molecule has 1 aliphatic heterocycles. The maximum absolute atomic E-state index is 5.36. The molecule has 0 amide bonds. The number of aromatic nitrogens is 2. The van der Waals surface area contributed by atoms with E-state index in [0.717, 1.165) is 32.7 Å². The highest BCUT2D eigenvalue weighted by Crippen LogP contribution is 2.22. The molecule has 2 heterocycles. The van der Waals surface area contributed by atoms with Crippen molar-refractivity contribution in [1.82, 2.24) is 15.5 Å². The van der Waals surface area contributed by atoms with Crippen LogP contribution in [0.25, 0.3) is 0 Å². The van der Waals surface area contributed by atoms with E-state index in [9.17, 15) is 0 Å². The highest BCUT2D eigenvalue weighted by Gasteiger charge is 2.26. The van der Waals surface area contributed by atoms with Crippen LogP contribution in [0.3, 0.4) is 0 Å². The first kappa shape index (κ1) is 14.3. The molecule has 1 aromatic heterocycles. The number of likely N-dealkylation sites (N-methyl/N-ethyl adjacent to an activating group) is 1. The van der Waals surface area contributed by atoms with E-state index in [4.69, 9.17) is 9.26 Å². The SMILES string of the molecule is CNC(Cc1nc(N2CCOCC2)no1)C(C)(C)C. The summed E-state index contributed by atoms with van der Waals surface area (Å²) in [5, 5.41) is 7.38. The molecule has 1 saturated heterocycles. The van der Waals surface area contributed by atoms with Crippen LogP contribution in [0.5, 0.6) is 0 Å². The van der Waals surface area contributed by atoms with Gasteiger partial charge < -0.3 is 19.5 Å². The van der Waals surface area contributed by atoms with Crippen molar-refractivity contribution in [2.45, 2.75) is 33.2 Å². The van der Waals surface area contributed by atoms with Gasteiger partial charge in [-0.1, -0.05) is 20.8 Å². The molecule has 1 N–H and O–H groups in total. The summed E-state index contributed by atoms with van der Waals surface area (Å²) < 4.78 is 10.7. The Balaban J connectivity index is 2.00. The Hall–Kier alpha value is -1.14. The quantitative estimate of drug-likeness (QED) is 0.881. The van der Waals surface area contributed by atoms with Crippen LogP contribution in [0.1, 0.15) is 26.7 Å². The minimum absolute atomic E-state index is 0.155. The van der Waals surface area contributed by atoms with Gasteiger partial charge in [0, 0.05) is 25.6 Å². The molecule has 0 saturated carbocycles. The average Bonchev–Trinajstić information content (AvgIpc) is 2.84. The Morgan fingerprint density at radius 2 is 2.00 bits per heavy atom. The Bertz CT molecular complexity index is 394. The lowest BCUT2D eigenvalue weighted by molar-refractivity contribution is 0.121. The highest BCUT2D eigenvalue weighted by molar-refractivity contribution is 5.28. The molecule has 0 aromatic carbocycles. The lowest BCUT2D eigenvalue weighted by Crippen LogP contribution is -2.40. The van der Waals surface area contributed by atoms with Gasteiger partial charge in [-0.15, -0.1) is 0 Å². The summed E-state index contributed by atoms with van der Waals surface area (Å²) in [6.07, 6.45) is 0.747. The van der Waals surface area contributed by atoms with E-state index < -0.39 is 0 Å². The van der Waals surface area contributed by atoms with Crippen molar-refractivity contribution in [3.63, 3.8) is 0 Å². The second-order valence-electron chi connectivity index (χ2n) is 6.00. The number of morpholine rings is 1. The number of hydrogen-bond donors (Lipinski definition) is 1.